The molecule has 2 rings (SSSR count). The minimum Gasteiger partial charge on any atom is -0.312 e. The Morgan fingerprint density at radius 3 is 2.52 bits per heavy atom. The molecule has 0 saturated carbocycles. The van der Waals surface area contributed by atoms with Crippen molar-refractivity contribution in [1.82, 2.24) is 19.9 Å². The van der Waals surface area contributed by atoms with E-state index < -0.39 is 0 Å². The molecule has 116 valence electrons. The van der Waals surface area contributed by atoms with Gasteiger partial charge in [-0.3, -0.25) is 0 Å². The van der Waals surface area contributed by atoms with Crippen LogP contribution >= 0.6 is 22.9 Å². The SMILES string of the molecule is CNC(Cc1nc(C(C)(C)C)cs1)c1snnc1C(C)C. The highest BCUT2D eigenvalue weighted by molar-refractivity contribution is 7.09. The lowest BCUT2D eigenvalue weighted by atomic mass is 9.93. The third-order valence-electron chi connectivity index (χ3n) is 3.45. The van der Waals surface area contributed by atoms with E-state index in [4.69, 9.17) is 4.98 Å². The van der Waals surface area contributed by atoms with E-state index >= 15 is 0 Å². The van der Waals surface area contributed by atoms with Gasteiger partial charge < -0.3 is 5.32 Å². The first-order chi connectivity index (χ1) is 9.82. The van der Waals surface area contributed by atoms with E-state index in [1.807, 2.05) is 7.05 Å². The first kappa shape index (κ1) is 16.5. The molecule has 0 spiro atoms. The van der Waals surface area contributed by atoms with Crippen molar-refractivity contribution in [3.63, 3.8) is 0 Å². The number of hydrogen-bond acceptors (Lipinski definition) is 6. The summed E-state index contributed by atoms with van der Waals surface area (Å²) in [5.41, 5.74) is 2.38. The van der Waals surface area contributed by atoms with E-state index in [0.29, 0.717) is 5.92 Å². The second kappa shape index (κ2) is 6.50. The molecule has 6 heteroatoms. The van der Waals surface area contributed by atoms with Crippen molar-refractivity contribution in [2.45, 2.75) is 58.4 Å². The van der Waals surface area contributed by atoms with Gasteiger partial charge in [-0.2, -0.15) is 0 Å². The molecule has 2 aromatic rings. The van der Waals surface area contributed by atoms with Crippen LogP contribution in [0, 0.1) is 0 Å². The molecule has 2 aromatic heterocycles. The van der Waals surface area contributed by atoms with Crippen molar-refractivity contribution in [1.29, 1.82) is 0 Å². The fourth-order valence-electron chi connectivity index (χ4n) is 2.10. The summed E-state index contributed by atoms with van der Waals surface area (Å²) in [4.78, 5) is 6.03. The molecule has 2 heterocycles. The molecule has 0 saturated heterocycles. The van der Waals surface area contributed by atoms with Gasteiger partial charge in [-0.1, -0.05) is 39.1 Å². The highest BCUT2D eigenvalue weighted by Crippen LogP contribution is 2.30. The number of nitrogens with zero attached hydrogens (tertiary/aromatic N) is 3. The normalized spacial score (nSPS) is 13.9. The predicted molar refractivity (Wildman–Crippen MR) is 90.3 cm³/mol. The topological polar surface area (TPSA) is 50.7 Å². The lowest BCUT2D eigenvalue weighted by Crippen LogP contribution is -2.19. The monoisotopic (exact) mass is 324 g/mol. The second-order valence-electron chi connectivity index (χ2n) is 6.60. The molecule has 1 atom stereocenters. The van der Waals surface area contributed by atoms with Crippen molar-refractivity contribution in [3.05, 3.63) is 26.7 Å². The maximum absolute atomic E-state index is 4.80. The number of rotatable bonds is 5. The van der Waals surface area contributed by atoms with E-state index in [0.717, 1.165) is 12.1 Å². The quantitative estimate of drug-likeness (QED) is 0.905. The minimum atomic E-state index is 0.110. The largest absolute Gasteiger partial charge is 0.312 e. The Balaban J connectivity index is 2.19. The zero-order valence-corrected chi connectivity index (χ0v) is 15.2. The molecule has 0 aromatic carbocycles. The van der Waals surface area contributed by atoms with Crippen LogP contribution < -0.4 is 5.32 Å². The molecule has 0 aliphatic heterocycles. The summed E-state index contributed by atoms with van der Waals surface area (Å²) in [5, 5.41) is 11.0. The van der Waals surface area contributed by atoms with Crippen molar-refractivity contribution >= 4 is 22.9 Å². The fraction of sp³-hybridized carbons (Fsp3) is 0.667. The lowest BCUT2D eigenvalue weighted by Gasteiger charge is -2.16. The van der Waals surface area contributed by atoms with Crippen LogP contribution in [0.3, 0.4) is 0 Å². The second-order valence-corrected chi connectivity index (χ2v) is 8.33. The van der Waals surface area contributed by atoms with Crippen molar-refractivity contribution in [3.8, 4) is 0 Å². The Bertz CT molecular complexity index is 581. The van der Waals surface area contributed by atoms with Crippen LogP contribution in [0.1, 0.15) is 67.9 Å². The van der Waals surface area contributed by atoms with Gasteiger partial charge in [0.2, 0.25) is 0 Å². The summed E-state index contributed by atoms with van der Waals surface area (Å²) < 4.78 is 4.13. The average Bonchev–Trinajstić information content (AvgIpc) is 3.03. The summed E-state index contributed by atoms with van der Waals surface area (Å²) in [6, 6.07) is 0.237. The fourth-order valence-corrected chi connectivity index (χ4v) is 4.08. The Labute approximate surface area is 135 Å². The summed E-state index contributed by atoms with van der Waals surface area (Å²) in [7, 11) is 1.99. The molecule has 1 unspecified atom stereocenters. The average molecular weight is 325 g/mol. The molecule has 0 aliphatic carbocycles. The van der Waals surface area contributed by atoms with Crippen LogP contribution in [-0.4, -0.2) is 21.6 Å². The third-order valence-corrected chi connectivity index (χ3v) is 5.18. The van der Waals surface area contributed by atoms with Gasteiger partial charge in [0.25, 0.3) is 0 Å². The first-order valence-corrected chi connectivity index (χ1v) is 8.92. The highest BCUT2D eigenvalue weighted by Gasteiger charge is 2.23. The standard InChI is InChI=1S/C15H24N4S2/c1-9(2)13-14(21-19-18-13)10(16-6)7-12-17-11(8-20-12)15(3,4)5/h8-10,16H,7H2,1-6H3. The molecule has 0 amide bonds. The van der Waals surface area contributed by atoms with Crippen molar-refractivity contribution < 1.29 is 0 Å². The zero-order valence-electron chi connectivity index (χ0n) is 13.6. The summed E-state index contributed by atoms with van der Waals surface area (Å²) in [6.45, 7) is 10.9. The minimum absolute atomic E-state index is 0.110. The molecule has 0 bridgehead atoms. The van der Waals surface area contributed by atoms with Gasteiger partial charge in [0.1, 0.15) is 0 Å². The number of aromatic nitrogens is 3. The Hall–Kier alpha value is -0.850. The maximum Gasteiger partial charge on any atom is 0.0947 e. The van der Waals surface area contributed by atoms with E-state index in [9.17, 15) is 0 Å². The van der Waals surface area contributed by atoms with E-state index in [-0.39, 0.29) is 11.5 Å². The number of nitrogens with one attached hydrogen (secondary N) is 1. The van der Waals surface area contributed by atoms with Gasteiger partial charge in [0.15, 0.2) is 0 Å². The molecule has 0 aliphatic rings. The molecule has 0 radical (unpaired) electrons. The molecular weight excluding hydrogens is 300 g/mol. The maximum atomic E-state index is 4.80. The van der Waals surface area contributed by atoms with Crippen molar-refractivity contribution in [2.75, 3.05) is 7.05 Å². The zero-order chi connectivity index (χ0) is 15.6. The number of hydrogen-bond donors (Lipinski definition) is 1. The molecular formula is C15H24N4S2. The van der Waals surface area contributed by atoms with Crippen LogP contribution in [0.2, 0.25) is 0 Å². The van der Waals surface area contributed by atoms with E-state index in [1.165, 1.54) is 27.1 Å². The smallest absolute Gasteiger partial charge is 0.0947 e. The predicted octanol–water partition coefficient (Wildman–Crippen LogP) is 3.92. The third kappa shape index (κ3) is 3.87. The van der Waals surface area contributed by atoms with Gasteiger partial charge in [0.05, 0.1) is 27.3 Å². The van der Waals surface area contributed by atoms with Gasteiger partial charge in [0, 0.05) is 17.2 Å². The molecule has 4 nitrogen and oxygen atoms in total. The van der Waals surface area contributed by atoms with Crippen LogP contribution in [0.5, 0.6) is 0 Å². The van der Waals surface area contributed by atoms with Crippen LogP contribution in [-0.2, 0) is 11.8 Å². The lowest BCUT2D eigenvalue weighted by molar-refractivity contribution is 0.559. The summed E-state index contributed by atoms with van der Waals surface area (Å²) in [6.07, 6.45) is 0.890. The number of thiazole rings is 1. The number of likely N-dealkylation sites (N-methyl/N-ethyl adjacent to an activating group) is 1. The van der Waals surface area contributed by atoms with Crippen LogP contribution in [0.4, 0.5) is 0 Å². The Kier molecular flexibility index (Phi) is 5.11. The van der Waals surface area contributed by atoms with E-state index in [1.54, 1.807) is 11.3 Å². The Morgan fingerprint density at radius 2 is 2.00 bits per heavy atom. The summed E-state index contributed by atoms with van der Waals surface area (Å²) >= 11 is 3.24. The highest BCUT2D eigenvalue weighted by atomic mass is 32.1. The van der Waals surface area contributed by atoms with Crippen LogP contribution in [0.15, 0.2) is 5.38 Å². The van der Waals surface area contributed by atoms with E-state index in [2.05, 4.69) is 54.9 Å². The van der Waals surface area contributed by atoms with Gasteiger partial charge >= 0.3 is 0 Å². The van der Waals surface area contributed by atoms with Gasteiger partial charge in [-0.05, 0) is 24.5 Å². The Morgan fingerprint density at radius 1 is 1.29 bits per heavy atom. The van der Waals surface area contributed by atoms with Gasteiger partial charge in [-0.25, -0.2) is 4.98 Å². The van der Waals surface area contributed by atoms with Crippen LogP contribution in [0.25, 0.3) is 0 Å². The first-order valence-electron chi connectivity index (χ1n) is 7.27. The van der Waals surface area contributed by atoms with Gasteiger partial charge in [-0.15, -0.1) is 16.4 Å². The molecule has 1 N–H and O–H groups in total. The summed E-state index contributed by atoms with van der Waals surface area (Å²) in [5.74, 6) is 0.399. The molecule has 0 fully saturated rings. The van der Waals surface area contributed by atoms with Crippen molar-refractivity contribution in [2.24, 2.45) is 0 Å². The molecule has 21 heavy (non-hydrogen) atoms.